The van der Waals surface area contributed by atoms with Gasteiger partial charge in [0, 0.05) is 13.6 Å². The SMILES string of the molecule is CN(CC1CCNCC1)c1ccc(F)cc1NC=O. The summed E-state index contributed by atoms with van der Waals surface area (Å²) < 4.78 is 13.2. The van der Waals surface area contributed by atoms with Gasteiger partial charge in [0.05, 0.1) is 11.4 Å². The predicted octanol–water partition coefficient (Wildman–Crippen LogP) is 1.83. The van der Waals surface area contributed by atoms with Crippen molar-refractivity contribution in [2.75, 3.05) is 36.9 Å². The van der Waals surface area contributed by atoms with Crippen LogP contribution >= 0.6 is 0 Å². The van der Waals surface area contributed by atoms with E-state index in [-0.39, 0.29) is 5.82 Å². The van der Waals surface area contributed by atoms with Crippen molar-refractivity contribution in [3.8, 4) is 0 Å². The van der Waals surface area contributed by atoms with Crippen LogP contribution in [0.3, 0.4) is 0 Å². The standard InChI is InChI=1S/C14H20FN3O/c1-18(9-11-4-6-16-7-5-11)14-3-2-12(15)8-13(14)17-10-19/h2-3,8,10-11,16H,4-7,9H2,1H3,(H,17,19). The van der Waals surface area contributed by atoms with Gasteiger partial charge in [-0.15, -0.1) is 0 Å². The van der Waals surface area contributed by atoms with E-state index in [0.29, 0.717) is 18.0 Å². The third-order valence-corrected chi connectivity index (χ3v) is 3.58. The van der Waals surface area contributed by atoms with Crippen LogP contribution in [-0.2, 0) is 4.79 Å². The lowest BCUT2D eigenvalue weighted by Gasteiger charge is -2.29. The van der Waals surface area contributed by atoms with Crippen molar-refractivity contribution in [2.45, 2.75) is 12.8 Å². The summed E-state index contributed by atoms with van der Waals surface area (Å²) in [5.74, 6) is 0.295. The van der Waals surface area contributed by atoms with Crippen LogP contribution in [0, 0.1) is 11.7 Å². The monoisotopic (exact) mass is 265 g/mol. The first kappa shape index (κ1) is 13.8. The topological polar surface area (TPSA) is 44.4 Å². The fourth-order valence-corrected chi connectivity index (χ4v) is 2.57. The van der Waals surface area contributed by atoms with Gasteiger partial charge in [-0.25, -0.2) is 4.39 Å². The molecule has 0 spiro atoms. The molecule has 104 valence electrons. The fourth-order valence-electron chi connectivity index (χ4n) is 2.57. The zero-order chi connectivity index (χ0) is 13.7. The van der Waals surface area contributed by atoms with E-state index in [1.807, 2.05) is 7.05 Å². The van der Waals surface area contributed by atoms with E-state index in [1.54, 1.807) is 6.07 Å². The van der Waals surface area contributed by atoms with Gasteiger partial charge in [-0.3, -0.25) is 4.79 Å². The molecule has 4 nitrogen and oxygen atoms in total. The number of rotatable bonds is 5. The lowest BCUT2D eigenvalue weighted by atomic mass is 9.97. The molecule has 0 atom stereocenters. The van der Waals surface area contributed by atoms with Crippen LogP contribution in [0.15, 0.2) is 18.2 Å². The molecule has 1 amide bonds. The lowest BCUT2D eigenvalue weighted by molar-refractivity contribution is -0.105. The average Bonchev–Trinajstić information content (AvgIpc) is 2.40. The third-order valence-electron chi connectivity index (χ3n) is 3.58. The maximum absolute atomic E-state index is 13.2. The van der Waals surface area contributed by atoms with E-state index < -0.39 is 0 Å². The summed E-state index contributed by atoms with van der Waals surface area (Å²) >= 11 is 0. The van der Waals surface area contributed by atoms with Gasteiger partial charge in [0.25, 0.3) is 0 Å². The molecular formula is C14H20FN3O. The Kier molecular flexibility index (Phi) is 4.74. The number of carbonyl (C=O) groups is 1. The molecule has 1 aromatic rings. The Bertz CT molecular complexity index is 433. The molecule has 0 aliphatic carbocycles. The summed E-state index contributed by atoms with van der Waals surface area (Å²) in [6.45, 7) is 3.03. The molecule has 0 aromatic heterocycles. The molecule has 0 saturated carbocycles. The Labute approximate surface area is 113 Å². The number of piperidine rings is 1. The van der Waals surface area contributed by atoms with E-state index >= 15 is 0 Å². The number of anilines is 2. The quantitative estimate of drug-likeness (QED) is 0.798. The van der Waals surface area contributed by atoms with Gasteiger partial charge in [-0.1, -0.05) is 0 Å². The predicted molar refractivity (Wildman–Crippen MR) is 75.0 cm³/mol. The third kappa shape index (κ3) is 3.67. The van der Waals surface area contributed by atoms with Gasteiger partial charge in [0.2, 0.25) is 6.41 Å². The first-order valence-corrected chi connectivity index (χ1v) is 6.62. The molecule has 19 heavy (non-hydrogen) atoms. The second kappa shape index (κ2) is 6.52. The van der Waals surface area contributed by atoms with Crippen molar-refractivity contribution in [1.82, 2.24) is 5.32 Å². The summed E-state index contributed by atoms with van der Waals surface area (Å²) in [5.41, 5.74) is 1.37. The first-order chi connectivity index (χ1) is 9.20. The molecular weight excluding hydrogens is 245 g/mol. The minimum absolute atomic E-state index is 0.344. The molecule has 1 aliphatic rings. The van der Waals surface area contributed by atoms with Crippen LogP contribution in [0.2, 0.25) is 0 Å². The molecule has 2 rings (SSSR count). The molecule has 1 fully saturated rings. The summed E-state index contributed by atoms with van der Waals surface area (Å²) in [4.78, 5) is 12.7. The summed E-state index contributed by atoms with van der Waals surface area (Å²) in [7, 11) is 1.98. The number of nitrogens with one attached hydrogen (secondary N) is 2. The minimum atomic E-state index is -0.344. The van der Waals surface area contributed by atoms with Gasteiger partial charge >= 0.3 is 0 Å². The Morgan fingerprint density at radius 2 is 2.21 bits per heavy atom. The largest absolute Gasteiger partial charge is 0.373 e. The molecule has 2 N–H and O–H groups in total. The van der Waals surface area contributed by atoms with Gasteiger partial charge in [0.1, 0.15) is 5.82 Å². The van der Waals surface area contributed by atoms with Gasteiger partial charge in [-0.2, -0.15) is 0 Å². The number of halogens is 1. The van der Waals surface area contributed by atoms with Crippen molar-refractivity contribution in [1.29, 1.82) is 0 Å². The highest BCUT2D eigenvalue weighted by Crippen LogP contribution is 2.27. The van der Waals surface area contributed by atoms with E-state index in [1.165, 1.54) is 12.1 Å². The zero-order valence-corrected chi connectivity index (χ0v) is 11.2. The minimum Gasteiger partial charge on any atom is -0.373 e. The summed E-state index contributed by atoms with van der Waals surface area (Å²) in [6.07, 6.45) is 2.89. The Balaban J connectivity index is 2.08. The van der Waals surface area contributed by atoms with Crippen LogP contribution in [0.4, 0.5) is 15.8 Å². The van der Waals surface area contributed by atoms with Gasteiger partial charge < -0.3 is 15.5 Å². The van der Waals surface area contributed by atoms with E-state index in [4.69, 9.17) is 0 Å². The van der Waals surface area contributed by atoms with Crippen molar-refractivity contribution < 1.29 is 9.18 Å². The number of benzene rings is 1. The average molecular weight is 265 g/mol. The smallest absolute Gasteiger partial charge is 0.211 e. The van der Waals surface area contributed by atoms with E-state index in [0.717, 1.165) is 38.2 Å². The number of nitrogens with zero attached hydrogens (tertiary/aromatic N) is 1. The van der Waals surface area contributed by atoms with E-state index in [9.17, 15) is 9.18 Å². The lowest BCUT2D eigenvalue weighted by Crippen LogP contribution is -2.34. The summed E-state index contributed by atoms with van der Waals surface area (Å²) in [5, 5.41) is 5.90. The molecule has 0 radical (unpaired) electrons. The molecule has 1 aliphatic heterocycles. The fraction of sp³-hybridized carbons (Fsp3) is 0.500. The molecule has 1 saturated heterocycles. The number of amides is 1. The van der Waals surface area contributed by atoms with Crippen LogP contribution in [0.5, 0.6) is 0 Å². The van der Waals surface area contributed by atoms with Gasteiger partial charge in [0.15, 0.2) is 0 Å². The summed E-state index contributed by atoms with van der Waals surface area (Å²) in [6, 6.07) is 4.48. The first-order valence-electron chi connectivity index (χ1n) is 6.62. The number of carbonyl (C=O) groups excluding carboxylic acids is 1. The Morgan fingerprint density at radius 3 is 2.89 bits per heavy atom. The van der Waals surface area contributed by atoms with Crippen molar-refractivity contribution in [3.05, 3.63) is 24.0 Å². The Hall–Kier alpha value is -1.62. The highest BCUT2D eigenvalue weighted by Gasteiger charge is 2.17. The second-order valence-electron chi connectivity index (χ2n) is 5.00. The second-order valence-corrected chi connectivity index (χ2v) is 5.00. The zero-order valence-electron chi connectivity index (χ0n) is 11.2. The van der Waals surface area contributed by atoms with Crippen LogP contribution in [0.25, 0.3) is 0 Å². The highest BCUT2D eigenvalue weighted by atomic mass is 19.1. The van der Waals surface area contributed by atoms with Crippen LogP contribution in [0.1, 0.15) is 12.8 Å². The highest BCUT2D eigenvalue weighted by molar-refractivity contribution is 5.81. The van der Waals surface area contributed by atoms with Gasteiger partial charge in [-0.05, 0) is 50.0 Å². The van der Waals surface area contributed by atoms with Crippen LogP contribution in [-0.4, -0.2) is 33.1 Å². The molecule has 1 heterocycles. The molecule has 1 aromatic carbocycles. The normalized spacial score (nSPS) is 16.1. The molecule has 0 bridgehead atoms. The van der Waals surface area contributed by atoms with Crippen LogP contribution < -0.4 is 15.5 Å². The molecule has 0 unspecified atom stereocenters. The van der Waals surface area contributed by atoms with E-state index in [2.05, 4.69) is 15.5 Å². The maximum Gasteiger partial charge on any atom is 0.211 e. The number of hydrogen-bond acceptors (Lipinski definition) is 3. The Morgan fingerprint density at radius 1 is 1.47 bits per heavy atom. The van der Waals surface area contributed by atoms with Crippen molar-refractivity contribution in [3.63, 3.8) is 0 Å². The maximum atomic E-state index is 13.2. The molecule has 5 heteroatoms. The van der Waals surface area contributed by atoms with Crippen molar-refractivity contribution >= 4 is 17.8 Å². The van der Waals surface area contributed by atoms with Crippen molar-refractivity contribution in [2.24, 2.45) is 5.92 Å². The number of hydrogen-bond donors (Lipinski definition) is 2.